The maximum absolute atomic E-state index is 11.9. The number of hydrogen-bond acceptors (Lipinski definition) is 3. The van der Waals surface area contributed by atoms with E-state index in [4.69, 9.17) is 0 Å². The first-order valence-corrected chi connectivity index (χ1v) is 4.81. The Bertz CT molecular complexity index is 347. The minimum absolute atomic E-state index is 0.393. The maximum atomic E-state index is 11.9. The van der Waals surface area contributed by atoms with Gasteiger partial charge in [-0.05, 0) is 20.8 Å². The number of hydrogen-bond donors (Lipinski definition) is 2. The van der Waals surface area contributed by atoms with E-state index >= 15 is 0 Å². The molecule has 0 saturated heterocycles. The molecule has 3 nitrogen and oxygen atoms in total. The van der Waals surface area contributed by atoms with Crippen LogP contribution >= 0.6 is 0 Å². The van der Waals surface area contributed by atoms with Gasteiger partial charge in [0.15, 0.2) is 11.4 Å². The molecular formula is C12H16O3. The van der Waals surface area contributed by atoms with Crippen molar-refractivity contribution < 1.29 is 15.0 Å². The highest BCUT2D eigenvalue weighted by atomic mass is 16.4. The van der Waals surface area contributed by atoms with Gasteiger partial charge in [-0.2, -0.15) is 0 Å². The van der Waals surface area contributed by atoms with Crippen molar-refractivity contribution in [1.29, 1.82) is 0 Å². The second-order valence-electron chi connectivity index (χ2n) is 4.33. The number of carbonyl (C=O) groups is 1. The largest absolute Gasteiger partial charge is 0.387 e. The molecule has 82 valence electrons. The third kappa shape index (κ3) is 2.25. The fourth-order valence-corrected chi connectivity index (χ4v) is 1.15. The van der Waals surface area contributed by atoms with Gasteiger partial charge in [0.05, 0.1) is 5.60 Å². The number of benzene rings is 1. The maximum Gasteiger partial charge on any atom is 0.196 e. The molecule has 2 N–H and O–H groups in total. The summed E-state index contributed by atoms with van der Waals surface area (Å²) < 4.78 is 0. The van der Waals surface area contributed by atoms with Crippen LogP contribution in [0.3, 0.4) is 0 Å². The van der Waals surface area contributed by atoms with E-state index in [1.165, 1.54) is 20.8 Å². The van der Waals surface area contributed by atoms with E-state index in [9.17, 15) is 15.0 Å². The van der Waals surface area contributed by atoms with Crippen LogP contribution in [0.5, 0.6) is 0 Å². The van der Waals surface area contributed by atoms with Crippen LogP contribution in [0.2, 0.25) is 0 Å². The summed E-state index contributed by atoms with van der Waals surface area (Å²) in [7, 11) is 0. The average Bonchev–Trinajstić information content (AvgIpc) is 2.16. The third-order valence-corrected chi connectivity index (χ3v) is 2.67. The van der Waals surface area contributed by atoms with Crippen LogP contribution in [-0.4, -0.2) is 27.2 Å². The van der Waals surface area contributed by atoms with Crippen molar-refractivity contribution in [3.8, 4) is 0 Å². The Morgan fingerprint density at radius 1 is 1.07 bits per heavy atom. The van der Waals surface area contributed by atoms with Gasteiger partial charge in [-0.1, -0.05) is 30.3 Å². The van der Waals surface area contributed by atoms with Crippen LogP contribution in [-0.2, 0) is 0 Å². The molecule has 0 amide bonds. The van der Waals surface area contributed by atoms with Crippen LogP contribution in [0.15, 0.2) is 30.3 Å². The minimum Gasteiger partial charge on any atom is -0.387 e. The Kier molecular flexibility index (Phi) is 2.98. The van der Waals surface area contributed by atoms with Gasteiger partial charge >= 0.3 is 0 Å². The first kappa shape index (κ1) is 11.9. The third-order valence-electron chi connectivity index (χ3n) is 2.67. The minimum atomic E-state index is -1.78. The summed E-state index contributed by atoms with van der Waals surface area (Å²) in [5.41, 5.74) is -2.86. The number of ketones is 1. The lowest BCUT2D eigenvalue weighted by Gasteiger charge is -2.34. The van der Waals surface area contributed by atoms with Crippen molar-refractivity contribution in [3.63, 3.8) is 0 Å². The first-order valence-electron chi connectivity index (χ1n) is 4.81. The zero-order valence-corrected chi connectivity index (χ0v) is 9.19. The molecule has 1 aromatic rings. The van der Waals surface area contributed by atoms with E-state index in [0.717, 1.165) is 0 Å². The van der Waals surface area contributed by atoms with Crippen LogP contribution in [0.1, 0.15) is 31.1 Å². The van der Waals surface area contributed by atoms with Crippen LogP contribution in [0.25, 0.3) is 0 Å². The Balaban J connectivity index is 3.06. The Morgan fingerprint density at radius 2 is 1.53 bits per heavy atom. The number of rotatable bonds is 3. The monoisotopic (exact) mass is 208 g/mol. The van der Waals surface area contributed by atoms with Crippen molar-refractivity contribution in [3.05, 3.63) is 35.9 Å². The molecule has 1 aromatic carbocycles. The van der Waals surface area contributed by atoms with E-state index in [0.29, 0.717) is 5.56 Å². The van der Waals surface area contributed by atoms with E-state index < -0.39 is 17.0 Å². The second kappa shape index (κ2) is 3.76. The van der Waals surface area contributed by atoms with Crippen molar-refractivity contribution in [2.75, 3.05) is 0 Å². The van der Waals surface area contributed by atoms with Crippen LogP contribution in [0, 0.1) is 0 Å². The molecule has 3 heteroatoms. The molecule has 0 aliphatic heterocycles. The van der Waals surface area contributed by atoms with Crippen molar-refractivity contribution in [1.82, 2.24) is 0 Å². The number of aliphatic hydroxyl groups is 2. The highest BCUT2D eigenvalue weighted by Gasteiger charge is 2.44. The SMILES string of the molecule is CC(C)(O)C(C)(O)C(=O)c1ccccc1. The Morgan fingerprint density at radius 3 is 1.93 bits per heavy atom. The predicted octanol–water partition coefficient (Wildman–Crippen LogP) is 1.39. The molecule has 1 rings (SSSR count). The first-order chi connectivity index (χ1) is 6.77. The van der Waals surface area contributed by atoms with Crippen molar-refractivity contribution >= 4 is 5.78 Å². The number of Topliss-reactive ketones (excluding diaryl/α,β-unsaturated/α-hetero) is 1. The highest BCUT2D eigenvalue weighted by molar-refractivity contribution is 6.02. The van der Waals surface area contributed by atoms with Gasteiger partial charge in [0.25, 0.3) is 0 Å². The predicted molar refractivity (Wildman–Crippen MR) is 57.7 cm³/mol. The summed E-state index contributed by atoms with van der Waals surface area (Å²) in [5.74, 6) is -0.476. The van der Waals surface area contributed by atoms with Crippen LogP contribution < -0.4 is 0 Å². The van der Waals surface area contributed by atoms with Gasteiger partial charge in [-0.25, -0.2) is 0 Å². The zero-order chi connectivity index (χ0) is 11.7. The van der Waals surface area contributed by atoms with E-state index in [1.807, 2.05) is 0 Å². The average molecular weight is 208 g/mol. The summed E-state index contributed by atoms with van der Waals surface area (Å²) >= 11 is 0. The lowest BCUT2D eigenvalue weighted by atomic mass is 9.81. The zero-order valence-electron chi connectivity index (χ0n) is 9.19. The molecule has 0 bridgehead atoms. The molecular weight excluding hydrogens is 192 g/mol. The van der Waals surface area contributed by atoms with Gasteiger partial charge in [0.1, 0.15) is 0 Å². The highest BCUT2D eigenvalue weighted by Crippen LogP contribution is 2.25. The Hall–Kier alpha value is -1.19. The summed E-state index contributed by atoms with van der Waals surface area (Å²) in [6, 6.07) is 8.45. The molecule has 0 aliphatic rings. The lowest BCUT2D eigenvalue weighted by Crippen LogP contribution is -2.53. The molecule has 0 heterocycles. The van der Waals surface area contributed by atoms with Crippen LogP contribution in [0.4, 0.5) is 0 Å². The van der Waals surface area contributed by atoms with Gasteiger partial charge in [0.2, 0.25) is 0 Å². The van der Waals surface area contributed by atoms with E-state index in [2.05, 4.69) is 0 Å². The molecule has 0 aromatic heterocycles. The summed E-state index contributed by atoms with van der Waals surface area (Å²) in [5, 5.41) is 19.7. The van der Waals surface area contributed by atoms with E-state index in [-0.39, 0.29) is 0 Å². The van der Waals surface area contributed by atoms with Crippen molar-refractivity contribution in [2.24, 2.45) is 0 Å². The molecule has 1 unspecified atom stereocenters. The standard InChI is InChI=1S/C12H16O3/c1-11(2,14)12(3,15)10(13)9-7-5-4-6-8-9/h4-8,14-15H,1-3H3. The Labute approximate surface area is 89.4 Å². The molecule has 15 heavy (non-hydrogen) atoms. The topological polar surface area (TPSA) is 57.5 Å². The molecule has 1 atom stereocenters. The molecule has 0 spiro atoms. The fourth-order valence-electron chi connectivity index (χ4n) is 1.15. The van der Waals surface area contributed by atoms with Crippen molar-refractivity contribution in [2.45, 2.75) is 32.0 Å². The summed E-state index contributed by atoms with van der Waals surface area (Å²) in [6.07, 6.45) is 0. The number of carbonyl (C=O) groups excluding carboxylic acids is 1. The molecule has 0 aliphatic carbocycles. The molecule has 0 saturated carbocycles. The fraction of sp³-hybridized carbons (Fsp3) is 0.417. The smallest absolute Gasteiger partial charge is 0.196 e. The normalized spacial score (nSPS) is 15.8. The van der Waals surface area contributed by atoms with Gasteiger partial charge in [-0.15, -0.1) is 0 Å². The molecule has 0 radical (unpaired) electrons. The van der Waals surface area contributed by atoms with Gasteiger partial charge in [0, 0.05) is 5.56 Å². The summed E-state index contributed by atoms with van der Waals surface area (Å²) in [4.78, 5) is 11.9. The van der Waals surface area contributed by atoms with Gasteiger partial charge in [-0.3, -0.25) is 4.79 Å². The summed E-state index contributed by atoms with van der Waals surface area (Å²) in [6.45, 7) is 4.14. The quantitative estimate of drug-likeness (QED) is 0.738. The van der Waals surface area contributed by atoms with E-state index in [1.54, 1.807) is 30.3 Å². The second-order valence-corrected chi connectivity index (χ2v) is 4.33. The molecule has 0 fully saturated rings. The van der Waals surface area contributed by atoms with Gasteiger partial charge < -0.3 is 10.2 Å². The lowest BCUT2D eigenvalue weighted by molar-refractivity contribution is -0.0927.